The van der Waals surface area contributed by atoms with Gasteiger partial charge in [-0.05, 0) is 35.8 Å². The lowest BCUT2D eigenvalue weighted by Gasteiger charge is -2.09. The Morgan fingerprint density at radius 1 is 1.04 bits per heavy atom. The normalized spacial score (nSPS) is 11.1. The molecule has 1 amide bonds. The van der Waals surface area contributed by atoms with Crippen LogP contribution in [-0.4, -0.2) is 25.5 Å². The van der Waals surface area contributed by atoms with Gasteiger partial charge in [0.2, 0.25) is 5.82 Å². The maximum Gasteiger partial charge on any atom is 0.276 e. The summed E-state index contributed by atoms with van der Waals surface area (Å²) >= 11 is 3.37. The van der Waals surface area contributed by atoms with Gasteiger partial charge in [0.25, 0.3) is 5.91 Å². The van der Waals surface area contributed by atoms with E-state index in [4.69, 9.17) is 0 Å². The van der Waals surface area contributed by atoms with Crippen molar-refractivity contribution in [1.82, 2.24) is 19.6 Å². The minimum absolute atomic E-state index is 0.133. The SMILES string of the molecule is Cc1nn(Cn2ccc(C(=O)Nc3c(F)c(F)c(F)c(F)c3F)n2)c(C)c1Br. The standard InChI is InChI=1S/C16H11BrF5N5O/c1-6-9(17)7(2)27(24-6)5-26-4-3-8(25-26)16(28)23-15-13(21)11(19)10(18)12(20)14(15)22/h3-4H,5H2,1-2H3,(H,23,28). The van der Waals surface area contributed by atoms with Crippen molar-refractivity contribution in [1.29, 1.82) is 0 Å². The summed E-state index contributed by atoms with van der Waals surface area (Å²) in [5, 5.41) is 9.86. The molecule has 0 fully saturated rings. The Bertz CT molecular complexity index is 1060. The first-order valence-electron chi connectivity index (χ1n) is 7.67. The van der Waals surface area contributed by atoms with Crippen LogP contribution in [-0.2, 0) is 6.67 Å². The van der Waals surface area contributed by atoms with Crippen molar-refractivity contribution >= 4 is 27.5 Å². The highest BCUT2D eigenvalue weighted by atomic mass is 79.9. The van der Waals surface area contributed by atoms with Gasteiger partial charge >= 0.3 is 0 Å². The summed E-state index contributed by atoms with van der Waals surface area (Å²) in [6, 6.07) is 1.22. The van der Waals surface area contributed by atoms with Crippen molar-refractivity contribution in [3.8, 4) is 0 Å². The van der Waals surface area contributed by atoms with Gasteiger partial charge in [-0.2, -0.15) is 10.2 Å². The minimum atomic E-state index is -2.31. The molecule has 0 radical (unpaired) electrons. The zero-order valence-electron chi connectivity index (χ0n) is 14.3. The van der Waals surface area contributed by atoms with Crippen molar-refractivity contribution in [3.63, 3.8) is 0 Å². The van der Waals surface area contributed by atoms with Crippen LogP contribution >= 0.6 is 15.9 Å². The number of hydrogen-bond donors (Lipinski definition) is 1. The van der Waals surface area contributed by atoms with Crippen LogP contribution in [0.2, 0.25) is 0 Å². The number of carbonyl (C=O) groups excluding carboxylic acids is 1. The summed E-state index contributed by atoms with van der Waals surface area (Å²) in [6.45, 7) is 3.73. The number of nitrogens with one attached hydrogen (secondary N) is 1. The zero-order chi connectivity index (χ0) is 20.7. The van der Waals surface area contributed by atoms with E-state index in [2.05, 4.69) is 26.1 Å². The molecule has 1 aromatic carbocycles. The van der Waals surface area contributed by atoms with Crippen LogP contribution in [0.5, 0.6) is 0 Å². The van der Waals surface area contributed by atoms with Gasteiger partial charge in [0, 0.05) is 6.20 Å². The Morgan fingerprint density at radius 2 is 1.61 bits per heavy atom. The van der Waals surface area contributed by atoms with E-state index in [0.29, 0.717) is 0 Å². The molecular formula is C16H11BrF5N5O. The fraction of sp³-hybridized carbons (Fsp3) is 0.188. The maximum atomic E-state index is 13.7. The lowest BCUT2D eigenvalue weighted by Crippen LogP contribution is -2.18. The van der Waals surface area contributed by atoms with Crippen molar-refractivity contribution in [3.05, 3.63) is 62.9 Å². The van der Waals surface area contributed by atoms with Gasteiger partial charge < -0.3 is 5.32 Å². The van der Waals surface area contributed by atoms with E-state index in [1.807, 2.05) is 6.92 Å². The Hall–Kier alpha value is -2.76. The van der Waals surface area contributed by atoms with Crippen LogP contribution in [0.1, 0.15) is 21.9 Å². The molecule has 6 nitrogen and oxygen atoms in total. The highest BCUT2D eigenvalue weighted by Gasteiger charge is 2.27. The Balaban J connectivity index is 1.83. The number of aromatic nitrogens is 4. The monoisotopic (exact) mass is 463 g/mol. The lowest BCUT2D eigenvalue weighted by molar-refractivity contribution is 0.102. The number of anilines is 1. The molecule has 2 heterocycles. The molecule has 0 aliphatic rings. The average Bonchev–Trinajstić information content (AvgIpc) is 3.23. The summed E-state index contributed by atoms with van der Waals surface area (Å²) in [5.41, 5.74) is -0.183. The fourth-order valence-corrected chi connectivity index (χ4v) is 2.69. The van der Waals surface area contributed by atoms with Crippen LogP contribution < -0.4 is 5.32 Å². The van der Waals surface area contributed by atoms with E-state index in [9.17, 15) is 26.7 Å². The molecule has 148 valence electrons. The first-order valence-corrected chi connectivity index (χ1v) is 8.46. The number of rotatable bonds is 4. The number of benzene rings is 1. The molecule has 2 aromatic heterocycles. The minimum Gasteiger partial charge on any atom is -0.315 e. The Labute approximate surface area is 163 Å². The number of hydrogen-bond acceptors (Lipinski definition) is 3. The first-order chi connectivity index (χ1) is 13.1. The van der Waals surface area contributed by atoms with Crippen LogP contribution in [0.25, 0.3) is 0 Å². The molecule has 3 aromatic rings. The van der Waals surface area contributed by atoms with Crippen molar-refractivity contribution in [2.75, 3.05) is 5.32 Å². The molecule has 3 rings (SSSR count). The van der Waals surface area contributed by atoms with Gasteiger partial charge in [0.05, 0.1) is 15.9 Å². The summed E-state index contributed by atoms with van der Waals surface area (Å²) in [6.07, 6.45) is 1.40. The molecule has 0 unspecified atom stereocenters. The molecule has 0 aliphatic carbocycles. The van der Waals surface area contributed by atoms with Crippen molar-refractivity contribution in [2.45, 2.75) is 20.5 Å². The molecular weight excluding hydrogens is 453 g/mol. The number of halogens is 6. The number of nitrogens with zero attached hydrogens (tertiary/aromatic N) is 4. The van der Waals surface area contributed by atoms with E-state index in [-0.39, 0.29) is 12.4 Å². The molecule has 1 N–H and O–H groups in total. The summed E-state index contributed by atoms with van der Waals surface area (Å²) < 4.78 is 70.6. The molecule has 28 heavy (non-hydrogen) atoms. The average molecular weight is 464 g/mol. The van der Waals surface area contributed by atoms with Gasteiger partial charge in [0.1, 0.15) is 12.4 Å². The molecule has 12 heteroatoms. The second kappa shape index (κ2) is 7.34. The van der Waals surface area contributed by atoms with Crippen LogP contribution in [0, 0.1) is 42.9 Å². The number of carbonyl (C=O) groups is 1. The smallest absolute Gasteiger partial charge is 0.276 e. The zero-order valence-corrected chi connectivity index (χ0v) is 15.9. The topological polar surface area (TPSA) is 64.7 Å². The highest BCUT2D eigenvalue weighted by Crippen LogP contribution is 2.27. The Morgan fingerprint density at radius 3 is 2.14 bits per heavy atom. The van der Waals surface area contributed by atoms with Gasteiger partial charge in [0.15, 0.2) is 29.0 Å². The number of aryl methyl sites for hydroxylation is 1. The lowest BCUT2D eigenvalue weighted by atomic mass is 10.2. The highest BCUT2D eigenvalue weighted by molar-refractivity contribution is 9.10. The molecule has 0 atom stereocenters. The van der Waals surface area contributed by atoms with E-state index >= 15 is 0 Å². The first kappa shape index (κ1) is 20.0. The van der Waals surface area contributed by atoms with E-state index in [1.54, 1.807) is 16.9 Å². The predicted molar refractivity (Wildman–Crippen MR) is 91.2 cm³/mol. The molecule has 0 saturated heterocycles. The summed E-state index contributed by atoms with van der Waals surface area (Å²) in [7, 11) is 0. The van der Waals surface area contributed by atoms with Crippen LogP contribution in [0.4, 0.5) is 27.6 Å². The number of amides is 1. The molecule has 0 spiro atoms. The second-order valence-corrected chi connectivity index (χ2v) is 6.56. The summed E-state index contributed by atoms with van der Waals surface area (Å²) in [4.78, 5) is 12.1. The largest absolute Gasteiger partial charge is 0.315 e. The van der Waals surface area contributed by atoms with E-state index < -0.39 is 40.7 Å². The van der Waals surface area contributed by atoms with E-state index in [1.165, 1.54) is 16.9 Å². The van der Waals surface area contributed by atoms with Gasteiger partial charge in [-0.15, -0.1) is 0 Å². The van der Waals surface area contributed by atoms with Gasteiger partial charge in [-0.1, -0.05) is 0 Å². The van der Waals surface area contributed by atoms with Gasteiger partial charge in [-0.25, -0.2) is 26.6 Å². The third-order valence-corrected chi connectivity index (χ3v) is 5.04. The van der Waals surface area contributed by atoms with Crippen molar-refractivity contribution in [2.24, 2.45) is 0 Å². The Kier molecular flexibility index (Phi) is 5.24. The second-order valence-electron chi connectivity index (χ2n) is 5.77. The van der Waals surface area contributed by atoms with Crippen LogP contribution in [0.3, 0.4) is 0 Å². The van der Waals surface area contributed by atoms with Gasteiger partial charge in [-0.3, -0.25) is 9.48 Å². The van der Waals surface area contributed by atoms with Crippen LogP contribution in [0.15, 0.2) is 16.7 Å². The van der Waals surface area contributed by atoms with E-state index in [0.717, 1.165) is 15.9 Å². The third kappa shape index (κ3) is 3.39. The third-order valence-electron chi connectivity index (χ3n) is 3.89. The summed E-state index contributed by atoms with van der Waals surface area (Å²) in [5.74, 6) is -12.1. The molecule has 0 aliphatic heterocycles. The molecule has 0 saturated carbocycles. The molecule has 0 bridgehead atoms. The fourth-order valence-electron chi connectivity index (χ4n) is 2.40. The predicted octanol–water partition coefficient (Wildman–Crippen LogP) is 3.91. The van der Waals surface area contributed by atoms with Crippen molar-refractivity contribution < 1.29 is 26.7 Å². The maximum absolute atomic E-state index is 13.7. The quantitative estimate of drug-likeness (QED) is 0.362.